The molecule has 2 fully saturated rings. The predicted octanol–water partition coefficient (Wildman–Crippen LogP) is 1.40. The fourth-order valence-corrected chi connectivity index (χ4v) is 5.62. The van der Waals surface area contributed by atoms with Gasteiger partial charge in [0.05, 0.1) is 16.7 Å². The number of fused-ring (bicyclic) bond motifs is 2. The number of nitrogens with zero attached hydrogens (tertiary/aromatic N) is 3. The fourth-order valence-electron chi connectivity index (χ4n) is 4.42. The number of likely N-dealkylation sites (tertiary alicyclic amines) is 1. The van der Waals surface area contributed by atoms with Gasteiger partial charge in [-0.25, -0.2) is 12.7 Å². The maximum Gasteiger partial charge on any atom is 0.312 e. The summed E-state index contributed by atoms with van der Waals surface area (Å²) >= 11 is 0. The Morgan fingerprint density at radius 3 is 2.81 bits per heavy atom. The largest absolute Gasteiger partial charge is 0.481 e. The van der Waals surface area contributed by atoms with E-state index in [1.807, 2.05) is 24.3 Å². The Morgan fingerprint density at radius 1 is 1.30 bits per heavy atom. The quantitative estimate of drug-likeness (QED) is 0.831. The number of benzene rings is 1. The maximum atomic E-state index is 12.2. The summed E-state index contributed by atoms with van der Waals surface area (Å²) in [6, 6.07) is 9.98. The lowest BCUT2D eigenvalue weighted by Gasteiger charge is -2.25. The Labute approximate surface area is 158 Å². The molecule has 0 saturated carbocycles. The van der Waals surface area contributed by atoms with E-state index in [9.17, 15) is 18.3 Å². The summed E-state index contributed by atoms with van der Waals surface area (Å²) in [6.07, 6.45) is 1.76. The minimum Gasteiger partial charge on any atom is -0.481 e. The molecule has 7 nitrogen and oxygen atoms in total. The molecule has 3 heterocycles. The van der Waals surface area contributed by atoms with Crippen LogP contribution in [0.3, 0.4) is 0 Å². The van der Waals surface area contributed by atoms with E-state index in [0.29, 0.717) is 26.2 Å². The smallest absolute Gasteiger partial charge is 0.312 e. The third kappa shape index (κ3) is 3.11. The number of rotatable bonds is 5. The van der Waals surface area contributed by atoms with Crippen LogP contribution in [-0.2, 0) is 21.4 Å². The van der Waals surface area contributed by atoms with Crippen LogP contribution in [0.4, 0.5) is 0 Å². The molecule has 0 amide bonds. The average Bonchev–Trinajstić information content (AvgIpc) is 3.17. The van der Waals surface area contributed by atoms with Crippen molar-refractivity contribution in [2.45, 2.75) is 13.5 Å². The summed E-state index contributed by atoms with van der Waals surface area (Å²) in [5, 5.41) is 11.0. The van der Waals surface area contributed by atoms with Crippen LogP contribution >= 0.6 is 0 Å². The first-order valence-corrected chi connectivity index (χ1v) is 10.7. The van der Waals surface area contributed by atoms with Crippen LogP contribution in [0.2, 0.25) is 0 Å². The Bertz CT molecular complexity index is 993. The molecule has 2 aliphatic heterocycles. The molecule has 2 saturated heterocycles. The number of carboxylic acids is 1. The highest BCUT2D eigenvalue weighted by atomic mass is 32.2. The van der Waals surface area contributed by atoms with Crippen molar-refractivity contribution in [2.24, 2.45) is 11.3 Å². The summed E-state index contributed by atoms with van der Waals surface area (Å²) in [7, 11) is -3.37. The van der Waals surface area contributed by atoms with Crippen molar-refractivity contribution in [2.75, 3.05) is 31.9 Å². The summed E-state index contributed by atoms with van der Waals surface area (Å²) in [6.45, 7) is 3.57. The van der Waals surface area contributed by atoms with Crippen molar-refractivity contribution in [1.29, 1.82) is 0 Å². The van der Waals surface area contributed by atoms with Gasteiger partial charge in [-0.3, -0.25) is 14.7 Å². The number of aliphatic carboxylic acids is 1. The van der Waals surface area contributed by atoms with Crippen LogP contribution in [0, 0.1) is 11.3 Å². The standard InChI is InChI=1S/C19H23N3O4S/c1-2-27(25,26)22-11-16-10-21(12-19(16,13-22)18(23)24)9-14-5-6-17-15(8-14)4-3-7-20-17/h3-8,16H,2,9-13H2,1H3,(H,23,24)/t16-,19-/m1/s1. The van der Waals surface area contributed by atoms with Gasteiger partial charge in [-0.05, 0) is 30.7 Å². The van der Waals surface area contributed by atoms with Gasteiger partial charge in [-0.15, -0.1) is 0 Å². The molecule has 0 unspecified atom stereocenters. The SMILES string of the molecule is CCS(=O)(=O)N1C[C@H]2CN(Cc3ccc4ncccc4c3)C[C@@]2(C(=O)O)C1. The van der Waals surface area contributed by atoms with Crippen molar-refractivity contribution in [3.63, 3.8) is 0 Å². The molecule has 2 atom stereocenters. The van der Waals surface area contributed by atoms with Gasteiger partial charge >= 0.3 is 5.97 Å². The predicted molar refractivity (Wildman–Crippen MR) is 102 cm³/mol. The number of hydrogen-bond donors (Lipinski definition) is 1. The van der Waals surface area contributed by atoms with E-state index in [1.165, 1.54) is 4.31 Å². The summed E-state index contributed by atoms with van der Waals surface area (Å²) in [5.41, 5.74) is 1.02. The third-order valence-electron chi connectivity index (χ3n) is 5.91. The zero-order valence-electron chi connectivity index (χ0n) is 15.2. The van der Waals surface area contributed by atoms with E-state index in [4.69, 9.17) is 0 Å². The van der Waals surface area contributed by atoms with Gasteiger partial charge in [0.2, 0.25) is 10.0 Å². The number of carbonyl (C=O) groups is 1. The zero-order valence-corrected chi connectivity index (χ0v) is 16.0. The van der Waals surface area contributed by atoms with Crippen LogP contribution < -0.4 is 0 Å². The molecule has 1 aromatic heterocycles. The van der Waals surface area contributed by atoms with Crippen LogP contribution in [0.1, 0.15) is 12.5 Å². The second kappa shape index (κ2) is 6.54. The highest BCUT2D eigenvalue weighted by molar-refractivity contribution is 7.89. The van der Waals surface area contributed by atoms with E-state index in [2.05, 4.69) is 16.0 Å². The molecule has 1 N–H and O–H groups in total. The van der Waals surface area contributed by atoms with Crippen molar-refractivity contribution in [1.82, 2.24) is 14.2 Å². The normalized spacial score (nSPS) is 26.5. The van der Waals surface area contributed by atoms with Gasteiger partial charge in [0.25, 0.3) is 0 Å². The Kier molecular flexibility index (Phi) is 4.44. The van der Waals surface area contributed by atoms with Crippen LogP contribution in [0.5, 0.6) is 0 Å². The summed E-state index contributed by atoms with van der Waals surface area (Å²) < 4.78 is 25.8. The average molecular weight is 389 g/mol. The minimum absolute atomic E-state index is 0.00422. The zero-order chi connectivity index (χ0) is 19.2. The number of pyridine rings is 1. The molecule has 0 bridgehead atoms. The summed E-state index contributed by atoms with van der Waals surface area (Å²) in [5.74, 6) is -1.07. The highest BCUT2D eigenvalue weighted by Crippen LogP contribution is 2.44. The first-order chi connectivity index (χ1) is 12.8. The number of aromatic nitrogens is 1. The molecular weight excluding hydrogens is 366 g/mol. The molecule has 0 radical (unpaired) electrons. The molecule has 2 aliphatic rings. The van der Waals surface area contributed by atoms with Crippen molar-refractivity contribution in [3.8, 4) is 0 Å². The maximum absolute atomic E-state index is 12.2. The monoisotopic (exact) mass is 389 g/mol. The number of sulfonamides is 1. The topological polar surface area (TPSA) is 90.8 Å². The molecule has 27 heavy (non-hydrogen) atoms. The van der Waals surface area contributed by atoms with Gasteiger partial charge in [-0.1, -0.05) is 12.1 Å². The lowest BCUT2D eigenvalue weighted by atomic mass is 9.81. The van der Waals surface area contributed by atoms with E-state index >= 15 is 0 Å². The Morgan fingerprint density at radius 2 is 2.11 bits per heavy atom. The minimum atomic E-state index is -3.37. The molecule has 2 aromatic rings. The molecular formula is C19H23N3O4S. The first-order valence-electron chi connectivity index (χ1n) is 9.11. The molecule has 0 aliphatic carbocycles. The van der Waals surface area contributed by atoms with Gasteiger partial charge in [0.1, 0.15) is 0 Å². The second-order valence-corrected chi connectivity index (χ2v) is 9.81. The lowest BCUT2D eigenvalue weighted by molar-refractivity contribution is -0.148. The lowest BCUT2D eigenvalue weighted by Crippen LogP contribution is -2.42. The van der Waals surface area contributed by atoms with E-state index in [1.54, 1.807) is 13.1 Å². The Hall–Kier alpha value is -2.03. The van der Waals surface area contributed by atoms with Gasteiger partial charge in [0, 0.05) is 50.2 Å². The first kappa shape index (κ1) is 18.3. The van der Waals surface area contributed by atoms with E-state index in [-0.39, 0.29) is 18.2 Å². The molecule has 144 valence electrons. The van der Waals surface area contributed by atoms with Crippen molar-refractivity contribution in [3.05, 3.63) is 42.1 Å². The van der Waals surface area contributed by atoms with Crippen LogP contribution in [0.15, 0.2) is 36.5 Å². The Balaban J connectivity index is 1.54. The molecule has 0 spiro atoms. The van der Waals surface area contributed by atoms with Crippen molar-refractivity contribution < 1.29 is 18.3 Å². The van der Waals surface area contributed by atoms with Gasteiger partial charge in [0.15, 0.2) is 0 Å². The second-order valence-electron chi connectivity index (χ2n) is 7.55. The summed E-state index contributed by atoms with van der Waals surface area (Å²) in [4.78, 5) is 18.5. The third-order valence-corrected chi connectivity index (χ3v) is 7.70. The van der Waals surface area contributed by atoms with Crippen LogP contribution in [-0.4, -0.2) is 65.6 Å². The molecule has 8 heteroatoms. The van der Waals surface area contributed by atoms with Gasteiger partial charge in [-0.2, -0.15) is 0 Å². The van der Waals surface area contributed by atoms with Crippen molar-refractivity contribution >= 4 is 26.9 Å². The highest BCUT2D eigenvalue weighted by Gasteiger charge is 2.59. The van der Waals surface area contributed by atoms with Gasteiger partial charge < -0.3 is 5.11 Å². The molecule has 4 rings (SSSR count). The van der Waals surface area contributed by atoms with E-state index in [0.717, 1.165) is 16.5 Å². The fraction of sp³-hybridized carbons (Fsp3) is 0.474. The number of carboxylic acid groups (broad SMARTS) is 1. The number of hydrogen-bond acceptors (Lipinski definition) is 5. The van der Waals surface area contributed by atoms with Crippen LogP contribution in [0.25, 0.3) is 10.9 Å². The molecule has 1 aromatic carbocycles. The van der Waals surface area contributed by atoms with E-state index < -0.39 is 21.4 Å².